The lowest BCUT2D eigenvalue weighted by atomic mass is 9.92. The fourth-order valence-electron chi connectivity index (χ4n) is 2.39. The minimum atomic E-state index is -0.911. The first kappa shape index (κ1) is 15.4. The highest BCUT2D eigenvalue weighted by Crippen LogP contribution is 2.28. The van der Waals surface area contributed by atoms with Crippen molar-refractivity contribution in [2.24, 2.45) is 0 Å². The SMILES string of the molecule is O=C1NC(COC(=O)c2ccccc2)(c2ccc(Cl)cc2)CO1. The van der Waals surface area contributed by atoms with Gasteiger partial charge in [0.25, 0.3) is 0 Å². The van der Waals surface area contributed by atoms with Crippen molar-refractivity contribution in [3.8, 4) is 0 Å². The number of carbonyl (C=O) groups excluding carboxylic acids is 2. The maximum Gasteiger partial charge on any atom is 0.408 e. The number of benzene rings is 2. The topological polar surface area (TPSA) is 64.6 Å². The Morgan fingerprint density at radius 3 is 2.48 bits per heavy atom. The molecule has 0 aromatic heterocycles. The van der Waals surface area contributed by atoms with Crippen LogP contribution in [0.2, 0.25) is 5.02 Å². The smallest absolute Gasteiger partial charge is 0.408 e. The standard InChI is InChI=1S/C17H14ClNO4/c18-14-8-6-13(7-9-14)17(11-23-16(21)19-17)10-22-15(20)12-4-2-1-3-5-12/h1-9H,10-11H2,(H,19,21). The number of ether oxygens (including phenoxy) is 2. The number of hydrogen-bond acceptors (Lipinski definition) is 4. The minimum Gasteiger partial charge on any atom is -0.459 e. The molecular formula is C17H14ClNO4. The lowest BCUT2D eigenvalue weighted by molar-refractivity contribution is 0.0366. The van der Waals surface area contributed by atoms with Gasteiger partial charge in [-0.15, -0.1) is 0 Å². The number of halogens is 1. The van der Waals surface area contributed by atoms with Crippen molar-refractivity contribution in [3.63, 3.8) is 0 Å². The van der Waals surface area contributed by atoms with Crippen LogP contribution in [0.3, 0.4) is 0 Å². The van der Waals surface area contributed by atoms with Gasteiger partial charge in [0.1, 0.15) is 18.8 Å². The van der Waals surface area contributed by atoms with Gasteiger partial charge >= 0.3 is 12.1 Å². The van der Waals surface area contributed by atoms with Crippen molar-refractivity contribution in [1.29, 1.82) is 0 Å². The molecule has 2 aromatic carbocycles. The molecule has 1 amide bonds. The van der Waals surface area contributed by atoms with Crippen molar-refractivity contribution < 1.29 is 19.1 Å². The Kier molecular flexibility index (Phi) is 4.21. The predicted octanol–water partition coefficient (Wildman–Crippen LogP) is 3.13. The Morgan fingerprint density at radius 2 is 1.87 bits per heavy atom. The summed E-state index contributed by atoms with van der Waals surface area (Å²) in [4.78, 5) is 23.6. The minimum absolute atomic E-state index is 0.0336. The van der Waals surface area contributed by atoms with Crippen molar-refractivity contribution >= 4 is 23.7 Å². The average molecular weight is 332 g/mol. The molecule has 3 rings (SSSR count). The van der Waals surface area contributed by atoms with E-state index in [1.54, 1.807) is 48.5 Å². The van der Waals surface area contributed by atoms with E-state index in [0.29, 0.717) is 10.6 Å². The lowest BCUT2D eigenvalue weighted by Gasteiger charge is -2.26. The van der Waals surface area contributed by atoms with Gasteiger partial charge in [-0.25, -0.2) is 9.59 Å². The number of hydrogen-bond donors (Lipinski definition) is 1. The largest absolute Gasteiger partial charge is 0.459 e. The summed E-state index contributed by atoms with van der Waals surface area (Å²) in [5, 5.41) is 3.31. The third-order valence-corrected chi connectivity index (χ3v) is 3.90. The Balaban J connectivity index is 1.79. The fraction of sp³-hybridized carbons (Fsp3) is 0.176. The van der Waals surface area contributed by atoms with Gasteiger partial charge in [-0.3, -0.25) is 0 Å². The van der Waals surface area contributed by atoms with Crippen molar-refractivity contribution in [1.82, 2.24) is 5.32 Å². The Morgan fingerprint density at radius 1 is 1.17 bits per heavy atom. The highest BCUT2D eigenvalue weighted by Gasteiger charge is 2.42. The molecule has 1 N–H and O–H groups in total. The number of carbonyl (C=O) groups is 2. The van der Waals surface area contributed by atoms with E-state index in [-0.39, 0.29) is 13.2 Å². The first-order chi connectivity index (χ1) is 11.1. The quantitative estimate of drug-likeness (QED) is 0.874. The van der Waals surface area contributed by atoms with E-state index in [4.69, 9.17) is 21.1 Å². The molecule has 1 aliphatic heterocycles. The van der Waals surface area contributed by atoms with Crippen LogP contribution in [0.4, 0.5) is 4.79 Å². The van der Waals surface area contributed by atoms with Crippen molar-refractivity contribution in [2.75, 3.05) is 13.2 Å². The third kappa shape index (κ3) is 3.29. The molecule has 1 aliphatic rings. The normalized spacial score (nSPS) is 19.8. The molecule has 0 spiro atoms. The van der Waals surface area contributed by atoms with Gasteiger partial charge < -0.3 is 14.8 Å². The van der Waals surface area contributed by atoms with Crippen LogP contribution in [0.1, 0.15) is 15.9 Å². The molecule has 1 atom stereocenters. The second kappa shape index (κ2) is 6.30. The molecule has 23 heavy (non-hydrogen) atoms. The summed E-state index contributed by atoms with van der Waals surface area (Å²) < 4.78 is 10.4. The summed E-state index contributed by atoms with van der Waals surface area (Å²) in [6.07, 6.45) is -0.546. The highest BCUT2D eigenvalue weighted by atomic mass is 35.5. The molecule has 1 heterocycles. The Labute approximate surface area is 138 Å². The molecular weight excluding hydrogens is 318 g/mol. The van der Waals surface area contributed by atoms with Gasteiger partial charge in [-0.1, -0.05) is 41.9 Å². The average Bonchev–Trinajstić information content (AvgIpc) is 2.96. The third-order valence-electron chi connectivity index (χ3n) is 3.65. The number of esters is 1. The first-order valence-electron chi connectivity index (χ1n) is 7.02. The maximum atomic E-state index is 12.1. The molecule has 5 nitrogen and oxygen atoms in total. The first-order valence-corrected chi connectivity index (χ1v) is 7.40. The van der Waals surface area contributed by atoms with Crippen LogP contribution in [0.25, 0.3) is 0 Å². The molecule has 1 unspecified atom stereocenters. The number of nitrogens with one attached hydrogen (secondary N) is 1. The summed E-state index contributed by atoms with van der Waals surface area (Å²) in [5.74, 6) is -0.458. The highest BCUT2D eigenvalue weighted by molar-refractivity contribution is 6.30. The van der Waals surface area contributed by atoms with Crippen LogP contribution >= 0.6 is 11.6 Å². The van der Waals surface area contributed by atoms with Crippen LogP contribution in [0, 0.1) is 0 Å². The van der Waals surface area contributed by atoms with E-state index < -0.39 is 17.6 Å². The molecule has 0 saturated carbocycles. The number of rotatable bonds is 4. The molecule has 1 fully saturated rings. The van der Waals surface area contributed by atoms with E-state index in [1.165, 1.54) is 0 Å². The van der Waals surface area contributed by atoms with Gasteiger partial charge in [0.05, 0.1) is 5.56 Å². The van der Waals surface area contributed by atoms with E-state index >= 15 is 0 Å². The van der Waals surface area contributed by atoms with Crippen molar-refractivity contribution in [3.05, 3.63) is 70.7 Å². The van der Waals surface area contributed by atoms with Gasteiger partial charge in [0.2, 0.25) is 0 Å². The summed E-state index contributed by atoms with van der Waals surface area (Å²) in [5.41, 5.74) is 0.296. The molecule has 118 valence electrons. The molecule has 0 radical (unpaired) electrons. The second-order valence-corrected chi connectivity index (χ2v) is 5.67. The van der Waals surface area contributed by atoms with Crippen LogP contribution < -0.4 is 5.32 Å². The summed E-state index contributed by atoms with van der Waals surface area (Å²) in [6.45, 7) is 0.0453. The molecule has 2 aromatic rings. The van der Waals surface area contributed by atoms with Gasteiger partial charge in [-0.2, -0.15) is 0 Å². The van der Waals surface area contributed by atoms with E-state index in [0.717, 1.165) is 5.56 Å². The van der Waals surface area contributed by atoms with Gasteiger partial charge in [-0.05, 0) is 29.8 Å². The Bertz CT molecular complexity index is 717. The predicted molar refractivity (Wildman–Crippen MR) is 84.3 cm³/mol. The van der Waals surface area contributed by atoms with Crippen LogP contribution in [-0.2, 0) is 15.0 Å². The summed E-state index contributed by atoms with van der Waals surface area (Å²) in [6, 6.07) is 15.6. The Hall–Kier alpha value is -2.53. The maximum absolute atomic E-state index is 12.1. The zero-order valence-electron chi connectivity index (χ0n) is 12.1. The van der Waals surface area contributed by atoms with E-state index in [1.807, 2.05) is 6.07 Å². The van der Waals surface area contributed by atoms with Gasteiger partial charge in [0, 0.05) is 5.02 Å². The monoisotopic (exact) mass is 331 g/mol. The van der Waals surface area contributed by atoms with Crippen LogP contribution in [0.15, 0.2) is 54.6 Å². The zero-order chi connectivity index (χ0) is 16.3. The molecule has 0 aliphatic carbocycles. The number of alkyl carbamates (subject to hydrolysis) is 1. The molecule has 1 saturated heterocycles. The van der Waals surface area contributed by atoms with Crippen molar-refractivity contribution in [2.45, 2.75) is 5.54 Å². The van der Waals surface area contributed by atoms with Crippen LogP contribution in [0.5, 0.6) is 0 Å². The lowest BCUT2D eigenvalue weighted by Crippen LogP contribution is -2.45. The summed E-state index contributed by atoms with van der Waals surface area (Å²) >= 11 is 5.90. The van der Waals surface area contributed by atoms with E-state index in [2.05, 4.69) is 5.32 Å². The zero-order valence-corrected chi connectivity index (χ0v) is 12.9. The van der Waals surface area contributed by atoms with E-state index in [9.17, 15) is 9.59 Å². The molecule has 6 heteroatoms. The number of cyclic esters (lactones) is 1. The summed E-state index contributed by atoms with van der Waals surface area (Å²) in [7, 11) is 0. The number of amides is 1. The van der Waals surface area contributed by atoms with Gasteiger partial charge in [0.15, 0.2) is 0 Å². The molecule has 0 bridgehead atoms. The van der Waals surface area contributed by atoms with Crippen LogP contribution in [-0.4, -0.2) is 25.3 Å². The fourth-order valence-corrected chi connectivity index (χ4v) is 2.51. The second-order valence-electron chi connectivity index (χ2n) is 5.23.